The maximum absolute atomic E-state index is 4.17. The first-order valence-corrected chi connectivity index (χ1v) is 7.15. The van der Waals surface area contributed by atoms with Crippen molar-refractivity contribution in [3.05, 3.63) is 40.1 Å². The molecule has 1 aromatic heterocycles. The lowest BCUT2D eigenvalue weighted by Gasteiger charge is -2.03. The largest absolute Gasteiger partial charge is 0.220 e. The predicted molar refractivity (Wildman–Crippen MR) is 75.8 cm³/mol. The van der Waals surface area contributed by atoms with Crippen LogP contribution in [0.4, 0.5) is 0 Å². The van der Waals surface area contributed by atoms with Crippen molar-refractivity contribution in [3.8, 4) is 5.69 Å². The molecule has 2 rings (SSSR count). The second-order valence-corrected chi connectivity index (χ2v) is 5.86. The zero-order valence-corrected chi connectivity index (χ0v) is 12.9. The summed E-state index contributed by atoms with van der Waals surface area (Å²) in [6.07, 6.45) is 2.96. The van der Waals surface area contributed by atoms with Gasteiger partial charge in [-0.05, 0) is 37.1 Å². The highest BCUT2D eigenvalue weighted by Gasteiger charge is 2.10. The summed E-state index contributed by atoms with van der Waals surface area (Å²) < 4.78 is 2.91. The van der Waals surface area contributed by atoms with Gasteiger partial charge in [-0.2, -0.15) is 0 Å². The third-order valence-corrected chi connectivity index (χ3v) is 4.60. The van der Waals surface area contributed by atoms with E-state index < -0.39 is 0 Å². The van der Waals surface area contributed by atoms with Gasteiger partial charge in [0.2, 0.25) is 0 Å². The van der Waals surface area contributed by atoms with E-state index in [0.29, 0.717) is 0 Å². The van der Waals surface area contributed by atoms with Gasteiger partial charge < -0.3 is 0 Å². The topological polar surface area (TPSA) is 30.7 Å². The molecule has 0 saturated carbocycles. The number of benzene rings is 1. The highest BCUT2D eigenvalue weighted by Crippen LogP contribution is 2.25. The van der Waals surface area contributed by atoms with Crippen molar-refractivity contribution in [1.82, 2.24) is 15.0 Å². The fourth-order valence-electron chi connectivity index (χ4n) is 1.53. The Morgan fingerprint density at radius 2 is 2.18 bits per heavy atom. The van der Waals surface area contributed by atoms with E-state index in [0.717, 1.165) is 22.3 Å². The van der Waals surface area contributed by atoms with Crippen molar-refractivity contribution < 1.29 is 0 Å². The number of rotatable bonds is 3. The number of hydrogen-bond donors (Lipinski definition) is 0. The summed E-state index contributed by atoms with van der Waals surface area (Å²) in [7, 11) is 0. The van der Waals surface area contributed by atoms with Crippen LogP contribution in [0.3, 0.4) is 0 Å². The van der Waals surface area contributed by atoms with Crippen molar-refractivity contribution in [2.24, 2.45) is 0 Å². The van der Waals surface area contributed by atoms with E-state index in [4.69, 9.17) is 0 Å². The van der Waals surface area contributed by atoms with Gasteiger partial charge in [-0.3, -0.25) is 0 Å². The molecule has 1 heterocycles. The third kappa shape index (κ3) is 2.77. The lowest BCUT2D eigenvalue weighted by atomic mass is 10.2. The second kappa shape index (κ2) is 5.31. The molecule has 90 valence electrons. The fourth-order valence-corrected chi connectivity index (χ4v) is 1.98. The smallest absolute Gasteiger partial charge is 0.0967 e. The molecule has 1 atom stereocenters. The van der Waals surface area contributed by atoms with Crippen molar-refractivity contribution in [2.75, 3.05) is 0 Å². The molecule has 3 nitrogen and oxygen atoms in total. The average molecular weight is 359 g/mol. The molecule has 0 amide bonds. The van der Waals surface area contributed by atoms with E-state index in [9.17, 15) is 0 Å². The van der Waals surface area contributed by atoms with Gasteiger partial charge in [-0.25, -0.2) is 4.68 Å². The summed E-state index contributed by atoms with van der Waals surface area (Å²) >= 11 is 7.06. The summed E-state index contributed by atoms with van der Waals surface area (Å²) in [5, 5.41) is 8.32. The van der Waals surface area contributed by atoms with Crippen LogP contribution in [-0.4, -0.2) is 15.0 Å². The Labute approximate surface area is 117 Å². The third-order valence-electron chi connectivity index (χ3n) is 2.60. The quantitative estimate of drug-likeness (QED) is 0.770. The molecule has 0 fully saturated rings. The Morgan fingerprint density at radius 3 is 2.82 bits per heavy atom. The maximum Gasteiger partial charge on any atom is 0.0967 e. The zero-order valence-electron chi connectivity index (χ0n) is 9.69. The molecule has 0 spiro atoms. The molecular weight excluding hydrogens is 346 g/mol. The van der Waals surface area contributed by atoms with Gasteiger partial charge in [-0.15, -0.1) is 5.10 Å². The van der Waals surface area contributed by atoms with E-state index in [1.54, 1.807) is 4.68 Å². The van der Waals surface area contributed by atoms with Crippen LogP contribution in [0.1, 0.15) is 29.4 Å². The Morgan fingerprint density at radius 1 is 1.41 bits per heavy atom. The van der Waals surface area contributed by atoms with Crippen molar-refractivity contribution in [2.45, 2.75) is 25.1 Å². The van der Waals surface area contributed by atoms with Crippen LogP contribution in [0.25, 0.3) is 5.69 Å². The Hall–Kier alpha value is -0.680. The predicted octanol–water partition coefficient (Wildman–Crippen LogP) is 4.18. The maximum atomic E-state index is 4.17. The SMILES string of the molecule is CCC(Br)c1cn(-c2ccc(Br)c(C)c2)nn1. The molecule has 0 aliphatic rings. The highest BCUT2D eigenvalue weighted by molar-refractivity contribution is 9.10. The van der Waals surface area contributed by atoms with Crippen molar-refractivity contribution in [3.63, 3.8) is 0 Å². The molecule has 2 aromatic rings. The first-order chi connectivity index (χ1) is 8.11. The van der Waals surface area contributed by atoms with E-state index in [1.807, 2.05) is 18.3 Å². The molecule has 0 radical (unpaired) electrons. The monoisotopic (exact) mass is 357 g/mol. The van der Waals surface area contributed by atoms with Gasteiger partial charge in [-0.1, -0.05) is 44.0 Å². The lowest BCUT2D eigenvalue weighted by molar-refractivity contribution is 0.789. The fraction of sp³-hybridized carbons (Fsp3) is 0.333. The van der Waals surface area contributed by atoms with Gasteiger partial charge >= 0.3 is 0 Å². The number of alkyl halides is 1. The van der Waals surface area contributed by atoms with Crippen LogP contribution < -0.4 is 0 Å². The summed E-state index contributed by atoms with van der Waals surface area (Å²) in [5.41, 5.74) is 3.18. The number of halogens is 2. The molecule has 0 aliphatic carbocycles. The number of hydrogen-bond acceptors (Lipinski definition) is 2. The molecular formula is C12H13Br2N3. The van der Waals surface area contributed by atoms with Crippen LogP contribution in [0.2, 0.25) is 0 Å². The van der Waals surface area contributed by atoms with E-state index in [-0.39, 0.29) is 4.83 Å². The minimum absolute atomic E-state index is 0.271. The van der Waals surface area contributed by atoms with Crippen molar-refractivity contribution >= 4 is 31.9 Å². The standard InChI is InChI=1S/C12H13Br2N3/c1-3-10(13)12-7-17(16-15-12)9-4-5-11(14)8(2)6-9/h4-7,10H,3H2,1-2H3. The van der Waals surface area contributed by atoms with Crippen LogP contribution in [-0.2, 0) is 0 Å². The molecule has 1 unspecified atom stereocenters. The Kier molecular flexibility index (Phi) is 3.99. The summed E-state index contributed by atoms with van der Waals surface area (Å²) in [6.45, 7) is 4.17. The molecule has 1 aromatic carbocycles. The Balaban J connectivity index is 2.33. The lowest BCUT2D eigenvalue weighted by Crippen LogP contribution is -1.95. The molecule has 5 heteroatoms. The molecule has 0 aliphatic heterocycles. The van der Waals surface area contributed by atoms with Crippen molar-refractivity contribution in [1.29, 1.82) is 0 Å². The van der Waals surface area contributed by atoms with Crippen LogP contribution in [0.15, 0.2) is 28.9 Å². The summed E-state index contributed by atoms with van der Waals surface area (Å²) in [6, 6.07) is 6.12. The van der Waals surface area contributed by atoms with Gasteiger partial charge in [0.25, 0.3) is 0 Å². The van der Waals surface area contributed by atoms with Gasteiger partial charge in [0, 0.05) is 4.47 Å². The number of aryl methyl sites for hydroxylation is 1. The minimum atomic E-state index is 0.271. The first-order valence-electron chi connectivity index (χ1n) is 5.44. The molecule has 17 heavy (non-hydrogen) atoms. The second-order valence-electron chi connectivity index (χ2n) is 3.90. The zero-order chi connectivity index (χ0) is 12.4. The molecule has 0 saturated heterocycles. The van der Waals surface area contributed by atoms with Crippen LogP contribution in [0.5, 0.6) is 0 Å². The number of nitrogens with zero attached hydrogens (tertiary/aromatic N) is 3. The Bertz CT molecular complexity index is 522. The van der Waals surface area contributed by atoms with Gasteiger partial charge in [0.05, 0.1) is 22.4 Å². The first kappa shape index (κ1) is 12.8. The van der Waals surface area contributed by atoms with Gasteiger partial charge in [0.1, 0.15) is 0 Å². The van der Waals surface area contributed by atoms with Crippen LogP contribution in [0, 0.1) is 6.92 Å². The average Bonchev–Trinajstić information content (AvgIpc) is 2.81. The highest BCUT2D eigenvalue weighted by atomic mass is 79.9. The van der Waals surface area contributed by atoms with E-state index in [2.05, 4.69) is 62.1 Å². The van der Waals surface area contributed by atoms with E-state index >= 15 is 0 Å². The molecule has 0 N–H and O–H groups in total. The van der Waals surface area contributed by atoms with Crippen LogP contribution >= 0.6 is 31.9 Å². The normalized spacial score (nSPS) is 12.7. The molecule has 0 bridgehead atoms. The summed E-state index contributed by atoms with van der Waals surface area (Å²) in [4.78, 5) is 0.271. The van der Waals surface area contributed by atoms with Gasteiger partial charge in [0.15, 0.2) is 0 Å². The number of aromatic nitrogens is 3. The summed E-state index contributed by atoms with van der Waals surface area (Å²) in [5.74, 6) is 0. The van der Waals surface area contributed by atoms with E-state index in [1.165, 1.54) is 5.56 Å². The minimum Gasteiger partial charge on any atom is -0.220 e.